The lowest BCUT2D eigenvalue weighted by Crippen LogP contribution is -2.74. The van der Waals surface area contributed by atoms with E-state index in [1.165, 1.54) is 0 Å². The first-order valence-corrected chi connectivity index (χ1v) is 21.4. The van der Waals surface area contributed by atoms with E-state index in [0.717, 1.165) is 21.8 Å². The van der Waals surface area contributed by atoms with E-state index in [0.29, 0.717) is 80.6 Å². The Morgan fingerprint density at radius 1 is 0.770 bits per heavy atom. The maximum Gasteiger partial charge on any atom is 0.262 e. The first-order valence-electron chi connectivity index (χ1n) is 21.0. The Morgan fingerprint density at radius 2 is 1.41 bits per heavy atom. The maximum absolute atomic E-state index is 13.9. The molecule has 1 N–H and O–H groups in total. The number of carbonyl (C=O) groups is 6. The van der Waals surface area contributed by atoms with Gasteiger partial charge in [-0.1, -0.05) is 39.3 Å². The summed E-state index contributed by atoms with van der Waals surface area (Å²) in [7, 11) is 0. The van der Waals surface area contributed by atoms with Crippen molar-refractivity contribution in [1.29, 1.82) is 5.26 Å². The Bertz CT molecular complexity index is 2430. The highest BCUT2D eigenvalue weighted by Crippen LogP contribution is 2.59. The number of piperidine rings is 2. The lowest BCUT2D eigenvalue weighted by molar-refractivity contribution is -0.199. The predicted octanol–water partition coefficient (Wildman–Crippen LogP) is 5.02. The molecule has 4 fully saturated rings. The van der Waals surface area contributed by atoms with Gasteiger partial charge in [-0.15, -0.1) is 0 Å². The number of anilines is 2. The second-order valence-electron chi connectivity index (χ2n) is 18.3. The summed E-state index contributed by atoms with van der Waals surface area (Å²) in [5.41, 5.74) is 3.68. The zero-order valence-corrected chi connectivity index (χ0v) is 35.5. The van der Waals surface area contributed by atoms with Crippen molar-refractivity contribution < 1.29 is 33.5 Å². The molecule has 0 bridgehead atoms. The van der Waals surface area contributed by atoms with Crippen molar-refractivity contribution >= 4 is 58.4 Å². The third-order valence-electron chi connectivity index (χ3n) is 13.9. The van der Waals surface area contributed by atoms with Crippen LogP contribution in [-0.2, 0) is 20.9 Å². The van der Waals surface area contributed by atoms with Gasteiger partial charge in [-0.25, -0.2) is 0 Å². The lowest BCUT2D eigenvalue weighted by Gasteiger charge is -2.65. The maximum atomic E-state index is 13.9. The number of imide groups is 2. The molecule has 61 heavy (non-hydrogen) atoms. The van der Waals surface area contributed by atoms with E-state index in [1.54, 1.807) is 30.3 Å². The molecular formula is C46H48ClN7O7. The number of nitriles is 1. The van der Waals surface area contributed by atoms with Gasteiger partial charge in [-0.3, -0.25) is 39.0 Å². The smallest absolute Gasteiger partial charge is 0.262 e. The number of fused-ring (bicyclic) bond motifs is 2. The van der Waals surface area contributed by atoms with Crippen LogP contribution in [0.5, 0.6) is 5.75 Å². The number of nitrogens with zero attached hydrogens (tertiary/aromatic N) is 6. The van der Waals surface area contributed by atoms with Crippen LogP contribution in [0, 0.1) is 28.1 Å². The van der Waals surface area contributed by atoms with Crippen LogP contribution in [0.1, 0.15) is 95.6 Å². The number of benzene rings is 3. The van der Waals surface area contributed by atoms with Gasteiger partial charge in [0.2, 0.25) is 17.7 Å². The van der Waals surface area contributed by atoms with Crippen molar-refractivity contribution in [3.63, 3.8) is 0 Å². The third kappa shape index (κ3) is 6.68. The molecule has 3 saturated heterocycles. The average Bonchev–Trinajstić information content (AvgIpc) is 3.69. The van der Waals surface area contributed by atoms with Crippen LogP contribution < -0.4 is 19.9 Å². The summed E-state index contributed by atoms with van der Waals surface area (Å²) in [6.07, 6.45) is 1.29. The predicted molar refractivity (Wildman–Crippen MR) is 225 cm³/mol. The summed E-state index contributed by atoms with van der Waals surface area (Å²) in [6, 6.07) is 17.3. The van der Waals surface area contributed by atoms with Crippen molar-refractivity contribution in [2.45, 2.75) is 78.1 Å². The fourth-order valence-corrected chi connectivity index (χ4v) is 11.4. The van der Waals surface area contributed by atoms with E-state index < -0.39 is 29.7 Å². The number of hydrogen-bond acceptors (Lipinski definition) is 10. The number of halogens is 1. The fraction of sp³-hybridized carbons (Fsp3) is 0.457. The van der Waals surface area contributed by atoms with Crippen molar-refractivity contribution in [2.75, 3.05) is 49.1 Å². The topological polar surface area (TPSA) is 164 Å². The Kier molecular flexibility index (Phi) is 9.89. The van der Waals surface area contributed by atoms with Gasteiger partial charge in [-0.2, -0.15) is 5.26 Å². The van der Waals surface area contributed by atoms with E-state index in [4.69, 9.17) is 16.3 Å². The zero-order chi connectivity index (χ0) is 43.1. The molecule has 1 unspecified atom stereocenters. The van der Waals surface area contributed by atoms with Gasteiger partial charge >= 0.3 is 0 Å². The minimum Gasteiger partial charge on any atom is -0.489 e. The number of piperazine rings is 1. The molecule has 6 aliphatic rings. The molecule has 6 amide bonds. The summed E-state index contributed by atoms with van der Waals surface area (Å²) in [6.45, 7) is 12.8. The van der Waals surface area contributed by atoms with Gasteiger partial charge in [0.1, 0.15) is 24.0 Å². The average molecular weight is 846 g/mol. The Balaban J connectivity index is 0.781. The normalized spacial score (nSPS) is 24.6. The molecule has 0 spiro atoms. The van der Waals surface area contributed by atoms with Gasteiger partial charge in [0, 0.05) is 98.0 Å². The summed E-state index contributed by atoms with van der Waals surface area (Å²) in [5, 5.41) is 11.8. The number of amides is 6. The van der Waals surface area contributed by atoms with Gasteiger partial charge < -0.3 is 24.3 Å². The van der Waals surface area contributed by atoms with Crippen molar-refractivity contribution in [1.82, 2.24) is 20.0 Å². The van der Waals surface area contributed by atoms with E-state index in [9.17, 15) is 34.0 Å². The van der Waals surface area contributed by atoms with Crippen LogP contribution in [0.4, 0.5) is 11.4 Å². The molecule has 3 aromatic rings. The second-order valence-corrected chi connectivity index (χ2v) is 18.7. The first kappa shape index (κ1) is 40.5. The molecule has 9 rings (SSSR count). The molecule has 1 saturated carbocycles. The molecule has 0 aromatic heterocycles. The van der Waals surface area contributed by atoms with Crippen molar-refractivity contribution in [3.05, 3.63) is 87.4 Å². The monoisotopic (exact) mass is 845 g/mol. The van der Waals surface area contributed by atoms with Crippen LogP contribution in [0.15, 0.2) is 54.6 Å². The van der Waals surface area contributed by atoms with Gasteiger partial charge in [0.05, 0.1) is 21.7 Å². The standard InChI is InChI=1S/C46H48ClN7O7/c1-45(2)43(46(3,4)44(45)61-31-8-5-27(24-48)35(47)23-31)53-25-28-21-29(6-9-32(28)40(53)58)51-17-19-52(20-18-51)39(57)26-13-15-50(16-14-26)30-7-10-33-34(22-30)42(60)54(41(33)59)36-11-12-37(55)49-38(36)56/h5-10,21-23,26,36,43-44H,11-20,25H2,1-4H3,(H,49,55,56). The van der Waals surface area contributed by atoms with Crippen molar-refractivity contribution in [3.8, 4) is 11.8 Å². The third-order valence-corrected chi connectivity index (χ3v) is 14.2. The summed E-state index contributed by atoms with van der Waals surface area (Å²) in [4.78, 5) is 87.7. The zero-order valence-electron chi connectivity index (χ0n) is 34.7. The van der Waals surface area contributed by atoms with Crippen LogP contribution in [-0.4, -0.2) is 108 Å². The van der Waals surface area contributed by atoms with Crippen LogP contribution in [0.25, 0.3) is 0 Å². The number of nitrogens with one attached hydrogen (secondary N) is 1. The quantitative estimate of drug-likeness (QED) is 0.320. The first-order chi connectivity index (χ1) is 29.1. The number of rotatable bonds is 7. The second kappa shape index (κ2) is 14.9. The molecule has 316 valence electrons. The minimum absolute atomic E-state index is 0.0187. The molecule has 1 aliphatic carbocycles. The van der Waals surface area contributed by atoms with Gasteiger partial charge in [0.15, 0.2) is 0 Å². The summed E-state index contributed by atoms with van der Waals surface area (Å²) >= 11 is 6.30. The fourth-order valence-electron chi connectivity index (χ4n) is 11.2. The SMILES string of the molecule is CC1(C)C(Oc2ccc(C#N)c(Cl)c2)C(C)(C)C1N1Cc2cc(N3CCN(C(=O)C4CCN(c5ccc6c(c5)C(=O)N(C5CCC(=O)NC5=O)C6=O)CC4)CC3)ccc2C1=O. The van der Waals surface area contributed by atoms with E-state index in [1.807, 2.05) is 28.0 Å². The van der Waals surface area contributed by atoms with E-state index in [2.05, 4.69) is 54.9 Å². The highest BCUT2D eigenvalue weighted by molar-refractivity contribution is 6.31. The molecule has 14 nitrogen and oxygen atoms in total. The van der Waals surface area contributed by atoms with Gasteiger partial charge in [-0.05, 0) is 73.4 Å². The molecule has 0 radical (unpaired) electrons. The summed E-state index contributed by atoms with van der Waals surface area (Å²) in [5.74, 6) is -1.48. The Hall–Kier alpha value is -5.94. The molecular weight excluding hydrogens is 798 g/mol. The molecule has 15 heteroatoms. The Labute approximate surface area is 359 Å². The van der Waals surface area contributed by atoms with Crippen molar-refractivity contribution in [2.24, 2.45) is 16.7 Å². The van der Waals surface area contributed by atoms with E-state index >= 15 is 0 Å². The number of ether oxygens (including phenoxy) is 1. The molecule has 5 aliphatic heterocycles. The summed E-state index contributed by atoms with van der Waals surface area (Å²) < 4.78 is 6.49. The number of hydrogen-bond donors (Lipinski definition) is 1. The highest BCUT2D eigenvalue weighted by atomic mass is 35.5. The largest absolute Gasteiger partial charge is 0.489 e. The van der Waals surface area contributed by atoms with Crippen LogP contribution >= 0.6 is 11.6 Å². The Morgan fingerprint density at radius 3 is 2.07 bits per heavy atom. The number of carbonyl (C=O) groups excluding carboxylic acids is 6. The highest BCUT2D eigenvalue weighted by Gasteiger charge is 2.67. The molecule has 1 atom stereocenters. The van der Waals surface area contributed by atoms with Crippen LogP contribution in [0.3, 0.4) is 0 Å². The van der Waals surface area contributed by atoms with E-state index in [-0.39, 0.29) is 64.7 Å². The lowest BCUT2D eigenvalue weighted by atomic mass is 9.49. The van der Waals surface area contributed by atoms with Gasteiger partial charge in [0.25, 0.3) is 17.7 Å². The van der Waals surface area contributed by atoms with Crippen LogP contribution in [0.2, 0.25) is 5.02 Å². The molecule has 5 heterocycles. The molecule has 3 aromatic carbocycles. The minimum atomic E-state index is -1.01.